The van der Waals surface area contributed by atoms with E-state index >= 15 is 0 Å². The fraction of sp³-hybridized carbons (Fsp3) is 0.143. The molecule has 0 aliphatic carbocycles. The number of rotatable bonds is 3. The molecule has 0 heterocycles. The second-order valence-corrected chi connectivity index (χ2v) is 1.71. The summed E-state index contributed by atoms with van der Waals surface area (Å²) in [6.45, 7) is 1.56. The molecule has 13 heavy (non-hydrogen) atoms. The number of allylic oxidation sites excluding steroid dienone is 1. The van der Waals surface area contributed by atoms with Gasteiger partial charge in [0, 0.05) is 0 Å². The molecular formula is C7H6Na2O4. The van der Waals surface area contributed by atoms with Crippen LogP contribution in [0.15, 0.2) is 23.8 Å². The normalized spacial score (nSPS) is 10.1. The minimum atomic E-state index is -1.55. The van der Waals surface area contributed by atoms with E-state index < -0.39 is 17.5 Å². The molecule has 0 aromatic rings. The molecule has 0 unspecified atom stereocenters. The van der Waals surface area contributed by atoms with Crippen molar-refractivity contribution in [3.8, 4) is 0 Å². The maximum atomic E-state index is 10.1. The molecule has 6 heteroatoms. The maximum absolute atomic E-state index is 10.1. The smallest absolute Gasteiger partial charge is 0.545 e. The van der Waals surface area contributed by atoms with Crippen LogP contribution in [-0.4, -0.2) is 11.9 Å². The quantitative estimate of drug-likeness (QED) is 0.257. The van der Waals surface area contributed by atoms with Gasteiger partial charge in [0.1, 0.15) is 0 Å². The van der Waals surface area contributed by atoms with Crippen molar-refractivity contribution in [3.63, 3.8) is 0 Å². The van der Waals surface area contributed by atoms with E-state index in [0.29, 0.717) is 6.08 Å². The van der Waals surface area contributed by atoms with Gasteiger partial charge in [0.15, 0.2) is 0 Å². The summed E-state index contributed by atoms with van der Waals surface area (Å²) in [7, 11) is 0. The van der Waals surface area contributed by atoms with Crippen LogP contribution in [0.25, 0.3) is 0 Å². The molecule has 0 aliphatic rings. The van der Waals surface area contributed by atoms with Crippen molar-refractivity contribution in [1.82, 2.24) is 0 Å². The first-order chi connectivity index (χ1) is 5.07. The minimum absolute atomic E-state index is 0. The Hall–Kier alpha value is 0.420. The SMILES string of the molecule is C/C=C/C(=C/C(=O)[O-])C(=O)[O-].[Na+].[Na+]. The van der Waals surface area contributed by atoms with Gasteiger partial charge in [0.2, 0.25) is 0 Å². The molecule has 0 fully saturated rings. The molecule has 0 amide bonds. The van der Waals surface area contributed by atoms with Crippen molar-refractivity contribution in [3.05, 3.63) is 23.8 Å². The van der Waals surface area contributed by atoms with E-state index in [1.54, 1.807) is 6.92 Å². The van der Waals surface area contributed by atoms with Crippen LogP contribution < -0.4 is 69.3 Å². The largest absolute Gasteiger partial charge is 1.00 e. The van der Waals surface area contributed by atoms with Crippen molar-refractivity contribution >= 4 is 11.9 Å². The molecule has 0 aliphatic heterocycles. The van der Waals surface area contributed by atoms with Gasteiger partial charge in [-0.05, 0) is 18.6 Å². The van der Waals surface area contributed by atoms with E-state index in [0.717, 1.165) is 6.08 Å². The molecule has 0 aromatic carbocycles. The molecule has 0 N–H and O–H groups in total. The van der Waals surface area contributed by atoms with E-state index in [1.165, 1.54) is 6.08 Å². The van der Waals surface area contributed by atoms with Gasteiger partial charge in [-0.3, -0.25) is 0 Å². The summed E-state index contributed by atoms with van der Waals surface area (Å²) in [6, 6.07) is 0. The standard InChI is InChI=1S/C7H8O4.2Na/c1-2-3-5(7(10)11)4-6(8)9;;/h2-4H,1H3,(H,8,9)(H,10,11);;/q;2*+1/p-2/b3-2+,5-4-;;. The van der Waals surface area contributed by atoms with Gasteiger partial charge in [-0.15, -0.1) is 0 Å². The van der Waals surface area contributed by atoms with Gasteiger partial charge >= 0.3 is 59.1 Å². The van der Waals surface area contributed by atoms with E-state index in [1.807, 2.05) is 0 Å². The maximum Gasteiger partial charge on any atom is 1.00 e. The van der Waals surface area contributed by atoms with Gasteiger partial charge in [-0.1, -0.05) is 12.2 Å². The molecule has 0 bridgehead atoms. The first kappa shape index (κ1) is 19.1. The van der Waals surface area contributed by atoms with Crippen LogP contribution in [0.3, 0.4) is 0 Å². The monoisotopic (exact) mass is 200 g/mol. The summed E-state index contributed by atoms with van der Waals surface area (Å²) in [5, 5.41) is 20.0. The molecule has 0 saturated heterocycles. The van der Waals surface area contributed by atoms with E-state index in [2.05, 4.69) is 0 Å². The van der Waals surface area contributed by atoms with E-state index in [-0.39, 0.29) is 59.1 Å². The van der Waals surface area contributed by atoms with Crippen LogP contribution in [0.4, 0.5) is 0 Å². The molecular weight excluding hydrogens is 194 g/mol. The summed E-state index contributed by atoms with van der Waals surface area (Å²) < 4.78 is 0. The van der Waals surface area contributed by atoms with Gasteiger partial charge < -0.3 is 19.8 Å². The predicted molar refractivity (Wildman–Crippen MR) is 32.9 cm³/mol. The van der Waals surface area contributed by atoms with Crippen LogP contribution in [0.2, 0.25) is 0 Å². The first-order valence-electron chi connectivity index (χ1n) is 2.84. The Morgan fingerprint density at radius 1 is 1.15 bits per heavy atom. The van der Waals surface area contributed by atoms with Gasteiger partial charge in [0.25, 0.3) is 0 Å². The number of carboxylic acids is 2. The van der Waals surface area contributed by atoms with Crippen LogP contribution in [0.5, 0.6) is 0 Å². The summed E-state index contributed by atoms with van der Waals surface area (Å²) in [5.74, 6) is -3.09. The zero-order valence-electron chi connectivity index (χ0n) is 7.87. The molecule has 0 saturated carbocycles. The van der Waals surface area contributed by atoms with Crippen molar-refractivity contribution in [1.29, 1.82) is 0 Å². The summed E-state index contributed by atoms with van der Waals surface area (Å²) in [5.41, 5.74) is -0.410. The molecule has 0 spiro atoms. The number of aliphatic carboxylic acids is 2. The predicted octanol–water partition coefficient (Wildman–Crippen LogP) is -8.00. The topological polar surface area (TPSA) is 80.3 Å². The number of hydrogen-bond donors (Lipinski definition) is 0. The fourth-order valence-corrected chi connectivity index (χ4v) is 0.482. The Balaban J connectivity index is -0.000000500. The average molecular weight is 200 g/mol. The molecule has 0 rings (SSSR count). The number of carbonyl (C=O) groups is 2. The zero-order chi connectivity index (χ0) is 8.85. The summed E-state index contributed by atoms with van der Waals surface area (Å²) >= 11 is 0. The van der Waals surface area contributed by atoms with Crippen LogP contribution in [-0.2, 0) is 9.59 Å². The minimum Gasteiger partial charge on any atom is -0.545 e. The summed E-state index contributed by atoms with van der Waals surface area (Å²) in [4.78, 5) is 20.0. The molecule has 0 aromatic heterocycles. The van der Waals surface area contributed by atoms with E-state index in [9.17, 15) is 19.8 Å². The zero-order valence-corrected chi connectivity index (χ0v) is 11.9. The molecule has 0 radical (unpaired) electrons. The fourth-order valence-electron chi connectivity index (χ4n) is 0.482. The van der Waals surface area contributed by atoms with Gasteiger partial charge in [-0.25, -0.2) is 0 Å². The third-order valence-electron chi connectivity index (χ3n) is 0.855. The Morgan fingerprint density at radius 2 is 1.62 bits per heavy atom. The molecule has 0 atom stereocenters. The Kier molecular flexibility index (Phi) is 15.4. The third-order valence-corrected chi connectivity index (χ3v) is 0.855. The van der Waals surface area contributed by atoms with Crippen LogP contribution >= 0.6 is 0 Å². The number of carboxylic acid groups (broad SMARTS) is 2. The molecule has 60 valence electrons. The third kappa shape index (κ3) is 10.3. The van der Waals surface area contributed by atoms with Crippen molar-refractivity contribution < 1.29 is 78.9 Å². The van der Waals surface area contributed by atoms with Crippen molar-refractivity contribution in [2.75, 3.05) is 0 Å². The summed E-state index contributed by atoms with van der Waals surface area (Å²) in [6.07, 6.45) is 2.98. The van der Waals surface area contributed by atoms with Crippen molar-refractivity contribution in [2.24, 2.45) is 0 Å². The Morgan fingerprint density at radius 3 is 1.85 bits per heavy atom. The van der Waals surface area contributed by atoms with E-state index in [4.69, 9.17) is 0 Å². The Bertz CT molecular complexity index is 233. The second-order valence-electron chi connectivity index (χ2n) is 1.71. The average Bonchev–Trinajstić information content (AvgIpc) is 1.86. The van der Waals surface area contributed by atoms with Crippen LogP contribution in [0.1, 0.15) is 6.92 Å². The first-order valence-corrected chi connectivity index (χ1v) is 2.84. The van der Waals surface area contributed by atoms with Gasteiger partial charge in [-0.2, -0.15) is 0 Å². The van der Waals surface area contributed by atoms with Gasteiger partial charge in [0.05, 0.1) is 11.9 Å². The number of carbonyl (C=O) groups excluding carboxylic acids is 2. The number of hydrogen-bond acceptors (Lipinski definition) is 4. The Labute approximate surface area is 120 Å². The van der Waals surface area contributed by atoms with Crippen LogP contribution in [0, 0.1) is 0 Å². The van der Waals surface area contributed by atoms with Crippen molar-refractivity contribution in [2.45, 2.75) is 6.92 Å². The molecule has 4 nitrogen and oxygen atoms in total. The second kappa shape index (κ2) is 10.5.